The molecular weight excluding hydrogens is 234 g/mol. The maximum Gasteiger partial charge on any atom is 0.239 e. The number of nitrogens with two attached hydrogens (primary N) is 1. The number of ether oxygens (including phenoxy) is 1. The van der Waals surface area contributed by atoms with Crippen LogP contribution < -0.4 is 20.7 Å². The molecule has 1 rings (SSSR count). The average Bonchev–Trinajstić information content (AvgIpc) is 2.35. The van der Waals surface area contributed by atoms with Crippen molar-refractivity contribution in [2.75, 3.05) is 37.4 Å². The Labute approximate surface area is 106 Å². The Bertz CT molecular complexity index is 410. The second-order valence-electron chi connectivity index (χ2n) is 3.59. The van der Waals surface area contributed by atoms with Gasteiger partial charge in [0.2, 0.25) is 17.7 Å². The zero-order valence-corrected chi connectivity index (χ0v) is 10.9. The number of nitrogens with one attached hydrogen (secondary N) is 1. The quantitative estimate of drug-likeness (QED) is 0.743. The highest BCUT2D eigenvalue weighted by Gasteiger charge is 2.13. The van der Waals surface area contributed by atoms with Gasteiger partial charge in [-0.2, -0.15) is 9.97 Å². The number of likely N-dealkylation sites (N-methyl/N-ethyl adjacent to an activating group) is 2. The normalized spacial score (nSPS) is 9.94. The Morgan fingerprint density at radius 3 is 2.78 bits per heavy atom. The highest BCUT2D eigenvalue weighted by molar-refractivity contribution is 5.81. The van der Waals surface area contributed by atoms with Gasteiger partial charge in [0.1, 0.15) is 5.82 Å². The SMILES string of the molecule is CCNC(=O)CN(CC)c1cc(OC)nc(N)n1. The van der Waals surface area contributed by atoms with Gasteiger partial charge in [-0.05, 0) is 13.8 Å². The van der Waals surface area contributed by atoms with E-state index >= 15 is 0 Å². The van der Waals surface area contributed by atoms with Crippen molar-refractivity contribution < 1.29 is 9.53 Å². The largest absolute Gasteiger partial charge is 0.481 e. The molecule has 0 unspecified atom stereocenters. The first-order valence-corrected chi connectivity index (χ1v) is 5.80. The van der Waals surface area contributed by atoms with Crippen molar-refractivity contribution in [1.82, 2.24) is 15.3 Å². The zero-order chi connectivity index (χ0) is 13.5. The molecule has 0 saturated heterocycles. The van der Waals surface area contributed by atoms with Gasteiger partial charge >= 0.3 is 0 Å². The molecule has 0 saturated carbocycles. The van der Waals surface area contributed by atoms with Gasteiger partial charge in [-0.25, -0.2) is 0 Å². The van der Waals surface area contributed by atoms with Crippen molar-refractivity contribution in [2.24, 2.45) is 0 Å². The van der Waals surface area contributed by atoms with Crippen LogP contribution in [0.15, 0.2) is 6.07 Å². The summed E-state index contributed by atoms with van der Waals surface area (Å²) < 4.78 is 5.02. The lowest BCUT2D eigenvalue weighted by atomic mass is 10.4. The molecule has 7 nitrogen and oxygen atoms in total. The number of hydrogen-bond acceptors (Lipinski definition) is 6. The van der Waals surface area contributed by atoms with Crippen LogP contribution in [-0.2, 0) is 4.79 Å². The van der Waals surface area contributed by atoms with Gasteiger partial charge in [-0.15, -0.1) is 0 Å². The second kappa shape index (κ2) is 6.63. The number of carbonyl (C=O) groups is 1. The maximum atomic E-state index is 11.6. The highest BCUT2D eigenvalue weighted by atomic mass is 16.5. The molecule has 0 fully saturated rings. The monoisotopic (exact) mass is 253 g/mol. The number of rotatable bonds is 6. The topological polar surface area (TPSA) is 93.4 Å². The summed E-state index contributed by atoms with van der Waals surface area (Å²) in [4.78, 5) is 21.4. The summed E-state index contributed by atoms with van der Waals surface area (Å²) in [5.74, 6) is 1.02. The minimum atomic E-state index is -0.0597. The van der Waals surface area contributed by atoms with Crippen LogP contribution in [0.2, 0.25) is 0 Å². The molecule has 100 valence electrons. The molecule has 1 amide bonds. The molecular formula is C11H19N5O2. The van der Waals surface area contributed by atoms with Crippen molar-refractivity contribution in [3.8, 4) is 5.88 Å². The van der Waals surface area contributed by atoms with Crippen LogP contribution in [0.4, 0.5) is 11.8 Å². The maximum absolute atomic E-state index is 11.6. The fourth-order valence-electron chi connectivity index (χ4n) is 1.48. The molecule has 0 bridgehead atoms. The number of methoxy groups -OCH3 is 1. The molecule has 0 aliphatic heterocycles. The first kappa shape index (κ1) is 14.0. The number of carbonyl (C=O) groups excluding carboxylic acids is 1. The summed E-state index contributed by atoms with van der Waals surface area (Å²) in [5, 5.41) is 2.74. The van der Waals surface area contributed by atoms with Crippen LogP contribution in [0.5, 0.6) is 5.88 Å². The smallest absolute Gasteiger partial charge is 0.239 e. The minimum absolute atomic E-state index is 0.0597. The fraction of sp³-hybridized carbons (Fsp3) is 0.545. The molecule has 3 N–H and O–H groups in total. The zero-order valence-electron chi connectivity index (χ0n) is 10.9. The Kier molecular flexibility index (Phi) is 5.16. The fourth-order valence-corrected chi connectivity index (χ4v) is 1.48. The predicted molar refractivity (Wildman–Crippen MR) is 69.6 cm³/mol. The van der Waals surface area contributed by atoms with Crippen LogP contribution in [0.3, 0.4) is 0 Å². The summed E-state index contributed by atoms with van der Waals surface area (Å²) in [5.41, 5.74) is 5.59. The lowest BCUT2D eigenvalue weighted by Crippen LogP contribution is -2.37. The van der Waals surface area contributed by atoms with E-state index in [9.17, 15) is 4.79 Å². The van der Waals surface area contributed by atoms with Crippen molar-refractivity contribution in [3.05, 3.63) is 6.07 Å². The number of aromatic nitrogens is 2. The van der Waals surface area contributed by atoms with Gasteiger partial charge in [-0.3, -0.25) is 4.79 Å². The van der Waals surface area contributed by atoms with Crippen LogP contribution in [0.25, 0.3) is 0 Å². The van der Waals surface area contributed by atoms with Gasteiger partial charge in [0.25, 0.3) is 0 Å². The standard InChI is InChI=1S/C11H19N5O2/c1-4-13-9(17)7-16(5-2)8-6-10(18-3)15-11(12)14-8/h6H,4-5,7H2,1-3H3,(H,13,17)(H2,12,14,15). The van der Waals surface area contributed by atoms with Crippen molar-refractivity contribution in [2.45, 2.75) is 13.8 Å². The summed E-state index contributed by atoms with van der Waals surface area (Å²) in [6, 6.07) is 1.65. The van der Waals surface area contributed by atoms with Gasteiger partial charge in [-0.1, -0.05) is 0 Å². The van der Waals surface area contributed by atoms with Gasteiger partial charge < -0.3 is 20.7 Å². The average molecular weight is 253 g/mol. The molecule has 0 spiro atoms. The van der Waals surface area contributed by atoms with Crippen molar-refractivity contribution in [1.29, 1.82) is 0 Å². The van der Waals surface area contributed by atoms with E-state index in [1.54, 1.807) is 11.0 Å². The molecule has 0 radical (unpaired) electrons. The number of amides is 1. The van der Waals surface area contributed by atoms with Gasteiger partial charge in [0, 0.05) is 19.2 Å². The Balaban J connectivity index is 2.87. The molecule has 1 aromatic heterocycles. The van der Waals surface area contributed by atoms with Crippen molar-refractivity contribution >= 4 is 17.7 Å². The third-order valence-corrected chi connectivity index (χ3v) is 2.33. The van der Waals surface area contributed by atoms with E-state index in [0.717, 1.165) is 0 Å². The summed E-state index contributed by atoms with van der Waals surface area (Å²) in [6.07, 6.45) is 0. The van der Waals surface area contributed by atoms with E-state index in [-0.39, 0.29) is 18.4 Å². The second-order valence-corrected chi connectivity index (χ2v) is 3.59. The van der Waals surface area contributed by atoms with E-state index in [2.05, 4.69) is 15.3 Å². The van der Waals surface area contributed by atoms with E-state index < -0.39 is 0 Å². The first-order valence-electron chi connectivity index (χ1n) is 5.80. The van der Waals surface area contributed by atoms with Gasteiger partial charge in [0.15, 0.2) is 0 Å². The number of nitrogen functional groups attached to an aromatic ring is 1. The number of hydrogen-bond donors (Lipinski definition) is 2. The Morgan fingerprint density at radius 1 is 1.50 bits per heavy atom. The Morgan fingerprint density at radius 2 is 2.22 bits per heavy atom. The molecule has 0 aliphatic carbocycles. The van der Waals surface area contributed by atoms with E-state index in [4.69, 9.17) is 10.5 Å². The van der Waals surface area contributed by atoms with Crippen LogP contribution >= 0.6 is 0 Å². The molecule has 7 heteroatoms. The minimum Gasteiger partial charge on any atom is -0.481 e. The number of anilines is 2. The van der Waals surface area contributed by atoms with Gasteiger partial charge in [0.05, 0.1) is 13.7 Å². The molecule has 0 atom stereocenters. The van der Waals surface area contributed by atoms with Crippen LogP contribution in [-0.4, -0.2) is 42.6 Å². The molecule has 1 aromatic rings. The molecule has 18 heavy (non-hydrogen) atoms. The van der Waals surface area contributed by atoms with E-state index in [0.29, 0.717) is 24.8 Å². The third-order valence-electron chi connectivity index (χ3n) is 2.33. The highest BCUT2D eigenvalue weighted by Crippen LogP contribution is 2.17. The van der Waals surface area contributed by atoms with E-state index in [1.807, 2.05) is 13.8 Å². The van der Waals surface area contributed by atoms with Crippen LogP contribution in [0, 0.1) is 0 Å². The predicted octanol–water partition coefficient (Wildman–Crippen LogP) is 0.0298. The van der Waals surface area contributed by atoms with Crippen molar-refractivity contribution in [3.63, 3.8) is 0 Å². The Hall–Kier alpha value is -2.05. The lowest BCUT2D eigenvalue weighted by Gasteiger charge is -2.21. The summed E-state index contributed by atoms with van der Waals surface area (Å²) in [6.45, 7) is 5.27. The molecule has 0 aliphatic rings. The summed E-state index contributed by atoms with van der Waals surface area (Å²) in [7, 11) is 1.51. The third kappa shape index (κ3) is 3.76. The summed E-state index contributed by atoms with van der Waals surface area (Å²) >= 11 is 0. The van der Waals surface area contributed by atoms with E-state index in [1.165, 1.54) is 7.11 Å². The number of nitrogens with zero attached hydrogens (tertiary/aromatic N) is 3. The molecule has 1 heterocycles. The lowest BCUT2D eigenvalue weighted by molar-refractivity contribution is -0.119. The van der Waals surface area contributed by atoms with Crippen LogP contribution in [0.1, 0.15) is 13.8 Å². The first-order chi connectivity index (χ1) is 8.60. The molecule has 0 aromatic carbocycles.